The number of H-pyrrole nitrogens is 2. The number of pyridine rings is 1. The van der Waals surface area contributed by atoms with Gasteiger partial charge in [0.2, 0.25) is 0 Å². The van der Waals surface area contributed by atoms with Crippen molar-refractivity contribution in [3.05, 3.63) is 73.2 Å². The van der Waals surface area contributed by atoms with Gasteiger partial charge in [-0.05, 0) is 23.1 Å². The van der Waals surface area contributed by atoms with Crippen molar-refractivity contribution in [3.8, 4) is 0 Å². The van der Waals surface area contributed by atoms with Crippen LogP contribution in [0.3, 0.4) is 0 Å². The highest BCUT2D eigenvalue weighted by molar-refractivity contribution is 5.78. The van der Waals surface area contributed by atoms with E-state index in [1.54, 1.807) is 0 Å². The van der Waals surface area contributed by atoms with Gasteiger partial charge in [0, 0.05) is 23.8 Å². The Morgan fingerprint density at radius 3 is 2.41 bits per heavy atom. The third-order valence-corrected chi connectivity index (χ3v) is 2.44. The van der Waals surface area contributed by atoms with E-state index in [2.05, 4.69) is 34.7 Å². The van der Waals surface area contributed by atoms with E-state index in [4.69, 9.17) is 0 Å². The fraction of sp³-hybridized carbons (Fsp3) is 0. The predicted octanol–water partition coefficient (Wildman–Crippen LogP) is 3.31. The number of hydrogen-bond acceptors (Lipinski definition) is 0. The maximum Gasteiger partial charge on any atom is 0.167 e. The van der Waals surface area contributed by atoms with Crippen molar-refractivity contribution in [1.29, 1.82) is 0 Å². The standard InChI is InChI=1S/C8H7N.C7H7N/c1-2-4-8-7(3-1)5-6-9-8;1-2-7-3-5-8-6-4-7/h1-6,9H;2-6H,1H2/p+1. The van der Waals surface area contributed by atoms with Gasteiger partial charge in [-0.15, -0.1) is 0 Å². The van der Waals surface area contributed by atoms with Gasteiger partial charge in [-0.25, -0.2) is 4.98 Å². The van der Waals surface area contributed by atoms with Crippen molar-refractivity contribution in [2.45, 2.75) is 0 Å². The Hall–Kier alpha value is -2.35. The van der Waals surface area contributed by atoms with Gasteiger partial charge in [0.1, 0.15) is 0 Å². The summed E-state index contributed by atoms with van der Waals surface area (Å²) in [7, 11) is 0. The number of nitrogens with one attached hydrogen (secondary N) is 2. The monoisotopic (exact) mass is 223 g/mol. The highest BCUT2D eigenvalue weighted by Crippen LogP contribution is 2.09. The van der Waals surface area contributed by atoms with Gasteiger partial charge >= 0.3 is 0 Å². The van der Waals surface area contributed by atoms with E-state index in [-0.39, 0.29) is 0 Å². The van der Waals surface area contributed by atoms with Gasteiger partial charge in [0.15, 0.2) is 12.4 Å². The van der Waals surface area contributed by atoms with E-state index < -0.39 is 0 Å². The molecule has 0 unspecified atom stereocenters. The molecule has 0 radical (unpaired) electrons. The Kier molecular flexibility index (Phi) is 3.71. The number of benzene rings is 1. The maximum absolute atomic E-state index is 3.62. The molecule has 2 aromatic heterocycles. The molecule has 0 spiro atoms. The largest absolute Gasteiger partial charge is 0.361 e. The van der Waals surface area contributed by atoms with Crippen LogP contribution in [0.25, 0.3) is 17.0 Å². The number of aromatic amines is 2. The summed E-state index contributed by atoms with van der Waals surface area (Å²) < 4.78 is 0. The molecule has 2 nitrogen and oxygen atoms in total. The van der Waals surface area contributed by atoms with Crippen LogP contribution < -0.4 is 4.98 Å². The minimum Gasteiger partial charge on any atom is -0.361 e. The summed E-state index contributed by atoms with van der Waals surface area (Å²) in [6.07, 6.45) is 7.51. The zero-order chi connectivity index (χ0) is 11.9. The minimum absolute atomic E-state index is 1.14. The molecule has 2 heterocycles. The van der Waals surface area contributed by atoms with Crippen LogP contribution >= 0.6 is 0 Å². The van der Waals surface area contributed by atoms with Crippen LogP contribution in [0.15, 0.2) is 67.6 Å². The lowest BCUT2D eigenvalue weighted by Gasteiger charge is -1.83. The lowest BCUT2D eigenvalue weighted by atomic mass is 10.3. The first-order valence-electron chi connectivity index (χ1n) is 5.51. The third kappa shape index (κ3) is 3.05. The summed E-state index contributed by atoms with van der Waals surface area (Å²) in [6.45, 7) is 3.62. The average Bonchev–Trinajstić information content (AvgIpc) is 2.89. The summed E-state index contributed by atoms with van der Waals surface area (Å²) in [5.74, 6) is 0. The second-order valence-electron chi connectivity index (χ2n) is 3.60. The van der Waals surface area contributed by atoms with Gasteiger partial charge in [-0.1, -0.05) is 30.9 Å². The topological polar surface area (TPSA) is 29.9 Å². The molecule has 0 saturated heterocycles. The molecule has 84 valence electrons. The first-order valence-corrected chi connectivity index (χ1v) is 5.51. The van der Waals surface area contributed by atoms with Crippen LogP contribution in [-0.2, 0) is 0 Å². The molecule has 3 aromatic rings. The summed E-state index contributed by atoms with van der Waals surface area (Å²) in [4.78, 5) is 6.04. The molecule has 0 amide bonds. The highest BCUT2D eigenvalue weighted by Gasteiger charge is 1.86. The fourth-order valence-corrected chi connectivity index (χ4v) is 1.53. The number of rotatable bonds is 1. The van der Waals surface area contributed by atoms with Gasteiger partial charge < -0.3 is 4.98 Å². The molecule has 2 heteroatoms. The quantitative estimate of drug-likeness (QED) is 0.656. The van der Waals surface area contributed by atoms with Crippen molar-refractivity contribution in [3.63, 3.8) is 0 Å². The molecule has 0 aliphatic rings. The van der Waals surface area contributed by atoms with Crippen molar-refractivity contribution in [1.82, 2.24) is 4.98 Å². The highest BCUT2D eigenvalue weighted by atomic mass is 14.7. The van der Waals surface area contributed by atoms with Gasteiger partial charge in [0.05, 0.1) is 0 Å². The molecule has 0 aliphatic carbocycles. The maximum atomic E-state index is 3.62. The third-order valence-electron chi connectivity index (χ3n) is 2.44. The first kappa shape index (κ1) is 11.1. The van der Waals surface area contributed by atoms with E-state index in [9.17, 15) is 0 Å². The molecule has 0 bridgehead atoms. The van der Waals surface area contributed by atoms with E-state index >= 15 is 0 Å². The summed E-state index contributed by atoms with van der Waals surface area (Å²) in [5, 5.41) is 1.28. The van der Waals surface area contributed by atoms with Crippen molar-refractivity contribution >= 4 is 17.0 Å². The Balaban J connectivity index is 0.000000128. The Labute approximate surface area is 101 Å². The molecule has 0 saturated carbocycles. The molecule has 0 aliphatic heterocycles. The Bertz CT molecular complexity index is 552. The summed E-state index contributed by atoms with van der Waals surface area (Å²) in [5.41, 5.74) is 2.35. The second kappa shape index (κ2) is 5.66. The average molecular weight is 223 g/mol. The fourth-order valence-electron chi connectivity index (χ4n) is 1.53. The van der Waals surface area contributed by atoms with E-state index in [0.717, 1.165) is 5.56 Å². The molecular weight excluding hydrogens is 208 g/mol. The van der Waals surface area contributed by atoms with Crippen molar-refractivity contribution in [2.24, 2.45) is 0 Å². The van der Waals surface area contributed by atoms with Gasteiger partial charge in [-0.2, -0.15) is 0 Å². The predicted molar refractivity (Wildman–Crippen MR) is 71.4 cm³/mol. The number of hydrogen-bond donors (Lipinski definition) is 1. The zero-order valence-electron chi connectivity index (χ0n) is 9.56. The number of aromatic nitrogens is 2. The lowest BCUT2D eigenvalue weighted by molar-refractivity contribution is -0.378. The Morgan fingerprint density at radius 1 is 1.00 bits per heavy atom. The SMILES string of the molecule is C=Cc1cc[nH+]cc1.c1ccc2[nH]ccc2c1. The van der Waals surface area contributed by atoms with Crippen LogP contribution in [0.4, 0.5) is 0 Å². The molecule has 1 aromatic carbocycles. The van der Waals surface area contributed by atoms with E-state index in [1.165, 1.54) is 10.9 Å². The van der Waals surface area contributed by atoms with Crippen LogP contribution in [0.1, 0.15) is 5.56 Å². The smallest absolute Gasteiger partial charge is 0.167 e. The summed E-state index contributed by atoms with van der Waals surface area (Å²) >= 11 is 0. The second-order valence-corrected chi connectivity index (χ2v) is 3.60. The summed E-state index contributed by atoms with van der Waals surface area (Å²) in [6, 6.07) is 14.2. The van der Waals surface area contributed by atoms with Crippen LogP contribution in [0.2, 0.25) is 0 Å². The van der Waals surface area contributed by atoms with E-state index in [1.807, 2.05) is 48.9 Å². The molecule has 0 atom stereocenters. The first-order chi connectivity index (χ1) is 8.40. The van der Waals surface area contributed by atoms with Crippen LogP contribution in [0, 0.1) is 0 Å². The molecule has 0 fully saturated rings. The van der Waals surface area contributed by atoms with Gasteiger partial charge in [0.25, 0.3) is 0 Å². The molecule has 17 heavy (non-hydrogen) atoms. The normalized spacial score (nSPS) is 9.41. The van der Waals surface area contributed by atoms with Crippen LogP contribution in [0.5, 0.6) is 0 Å². The molecule has 3 rings (SSSR count). The van der Waals surface area contributed by atoms with Crippen LogP contribution in [-0.4, -0.2) is 4.98 Å². The molecular formula is C15H15N2+. The number of para-hydroxylation sites is 1. The zero-order valence-corrected chi connectivity index (χ0v) is 9.56. The minimum atomic E-state index is 1.14. The van der Waals surface area contributed by atoms with Gasteiger partial charge in [-0.3, -0.25) is 0 Å². The Morgan fingerprint density at radius 2 is 1.76 bits per heavy atom. The number of fused-ring (bicyclic) bond motifs is 1. The lowest BCUT2D eigenvalue weighted by Crippen LogP contribution is -1.96. The van der Waals surface area contributed by atoms with Crippen molar-refractivity contribution < 1.29 is 4.98 Å². The van der Waals surface area contributed by atoms with E-state index in [0.29, 0.717) is 0 Å². The van der Waals surface area contributed by atoms with Crippen molar-refractivity contribution in [2.75, 3.05) is 0 Å². The molecule has 2 N–H and O–H groups in total.